The molecule has 0 amide bonds. The fourth-order valence-electron chi connectivity index (χ4n) is 3.66. The predicted octanol–water partition coefficient (Wildman–Crippen LogP) is 4.82. The van der Waals surface area contributed by atoms with Gasteiger partial charge >= 0.3 is 0 Å². The highest BCUT2D eigenvalue weighted by Crippen LogP contribution is 2.38. The lowest BCUT2D eigenvalue weighted by Crippen LogP contribution is -2.23. The highest BCUT2D eigenvalue weighted by molar-refractivity contribution is 5.91. The van der Waals surface area contributed by atoms with E-state index in [2.05, 4.69) is 31.2 Å². The number of ketones is 1. The smallest absolute Gasteiger partial charge is 0.140 e. The molecule has 0 saturated heterocycles. The van der Waals surface area contributed by atoms with Crippen LogP contribution in [0.2, 0.25) is 0 Å². The molecule has 0 aliphatic heterocycles. The lowest BCUT2D eigenvalue weighted by atomic mass is 9.76. The average Bonchev–Trinajstić information content (AvgIpc) is 2.47. The molecule has 0 radical (unpaired) electrons. The Kier molecular flexibility index (Phi) is 3.72. The molecule has 19 heavy (non-hydrogen) atoms. The lowest BCUT2D eigenvalue weighted by molar-refractivity contribution is -0.125. The van der Waals surface area contributed by atoms with Gasteiger partial charge in [0.1, 0.15) is 5.78 Å². The van der Waals surface area contributed by atoms with Gasteiger partial charge in [-0.05, 0) is 55.1 Å². The zero-order valence-corrected chi connectivity index (χ0v) is 11.9. The Morgan fingerprint density at radius 1 is 0.947 bits per heavy atom. The third-order valence-electron chi connectivity index (χ3n) is 5.30. The molecule has 1 heteroatoms. The summed E-state index contributed by atoms with van der Waals surface area (Å²) in [7, 11) is 0. The van der Waals surface area contributed by atoms with Gasteiger partial charge in [0.2, 0.25) is 0 Å². The molecular formula is C18H24O. The minimum atomic E-state index is 0.213. The molecule has 1 atom stereocenters. The summed E-state index contributed by atoms with van der Waals surface area (Å²) in [5, 5.41) is 0. The van der Waals surface area contributed by atoms with Crippen LogP contribution in [-0.2, 0) is 4.79 Å². The number of Topliss-reactive ketones (excluding diaryl/α,β-unsaturated/α-hetero) is 1. The zero-order valence-electron chi connectivity index (χ0n) is 11.9. The van der Waals surface area contributed by atoms with Crippen molar-refractivity contribution in [2.45, 2.75) is 63.7 Å². The van der Waals surface area contributed by atoms with Crippen molar-refractivity contribution in [3.8, 4) is 0 Å². The molecule has 1 aromatic rings. The van der Waals surface area contributed by atoms with Crippen molar-refractivity contribution in [3.63, 3.8) is 0 Å². The van der Waals surface area contributed by atoms with Crippen LogP contribution in [0.1, 0.15) is 74.8 Å². The van der Waals surface area contributed by atoms with Crippen LogP contribution in [0.25, 0.3) is 0 Å². The van der Waals surface area contributed by atoms with Gasteiger partial charge in [-0.2, -0.15) is 0 Å². The van der Waals surface area contributed by atoms with Gasteiger partial charge in [-0.25, -0.2) is 0 Å². The van der Waals surface area contributed by atoms with Gasteiger partial charge < -0.3 is 0 Å². The first kappa shape index (κ1) is 12.9. The van der Waals surface area contributed by atoms with E-state index in [-0.39, 0.29) is 5.92 Å². The summed E-state index contributed by atoms with van der Waals surface area (Å²) in [4.78, 5) is 11.5. The highest BCUT2D eigenvalue weighted by Gasteiger charge is 2.29. The molecule has 1 aromatic carbocycles. The normalized spacial score (nSPS) is 31.0. The van der Waals surface area contributed by atoms with Crippen LogP contribution >= 0.6 is 0 Å². The van der Waals surface area contributed by atoms with Crippen LogP contribution < -0.4 is 0 Å². The van der Waals surface area contributed by atoms with Crippen molar-refractivity contribution < 1.29 is 4.79 Å². The van der Waals surface area contributed by atoms with Crippen LogP contribution in [0.4, 0.5) is 0 Å². The number of benzene rings is 1. The molecule has 2 saturated carbocycles. The largest absolute Gasteiger partial charge is 0.299 e. The quantitative estimate of drug-likeness (QED) is 0.758. The molecule has 1 nitrogen and oxygen atoms in total. The van der Waals surface area contributed by atoms with E-state index in [0.717, 1.165) is 24.7 Å². The third kappa shape index (κ3) is 2.61. The molecule has 0 N–H and O–H groups in total. The van der Waals surface area contributed by atoms with E-state index in [4.69, 9.17) is 0 Å². The van der Waals surface area contributed by atoms with Gasteiger partial charge in [-0.1, -0.05) is 37.6 Å². The van der Waals surface area contributed by atoms with Crippen molar-refractivity contribution in [1.82, 2.24) is 0 Å². The van der Waals surface area contributed by atoms with E-state index >= 15 is 0 Å². The van der Waals surface area contributed by atoms with Crippen molar-refractivity contribution >= 4 is 5.78 Å². The number of hydrogen-bond acceptors (Lipinski definition) is 1. The van der Waals surface area contributed by atoms with Gasteiger partial charge in [0.25, 0.3) is 0 Å². The fraction of sp³-hybridized carbons (Fsp3) is 0.611. The fourth-order valence-corrected chi connectivity index (χ4v) is 3.66. The second-order valence-electron chi connectivity index (χ2n) is 6.35. The van der Waals surface area contributed by atoms with E-state index < -0.39 is 0 Å². The number of carbonyl (C=O) groups is 1. The van der Waals surface area contributed by atoms with Gasteiger partial charge in [-0.15, -0.1) is 0 Å². The van der Waals surface area contributed by atoms with Gasteiger partial charge in [0.05, 0.1) is 0 Å². The third-order valence-corrected chi connectivity index (χ3v) is 5.30. The van der Waals surface area contributed by atoms with Crippen LogP contribution in [0, 0.1) is 5.92 Å². The topological polar surface area (TPSA) is 17.1 Å². The van der Waals surface area contributed by atoms with Crippen molar-refractivity contribution in [3.05, 3.63) is 35.4 Å². The second-order valence-corrected chi connectivity index (χ2v) is 6.35. The summed E-state index contributed by atoms with van der Waals surface area (Å²) in [6.07, 6.45) is 8.66. The first-order valence-electron chi connectivity index (χ1n) is 7.90. The molecule has 1 unspecified atom stereocenters. The summed E-state index contributed by atoms with van der Waals surface area (Å²) in [6.45, 7) is 2.31. The Hall–Kier alpha value is -1.11. The Bertz CT molecular complexity index is 437. The second kappa shape index (κ2) is 5.48. The van der Waals surface area contributed by atoms with Gasteiger partial charge in [0.15, 0.2) is 0 Å². The monoisotopic (exact) mass is 256 g/mol. The molecule has 3 rings (SSSR count). The van der Waals surface area contributed by atoms with Gasteiger partial charge in [0, 0.05) is 12.3 Å². The van der Waals surface area contributed by atoms with E-state index in [9.17, 15) is 4.79 Å². The standard InChI is InChI=1S/C18H24O/c1-2-13-3-5-14(6-4-13)15-7-9-16(10-8-15)17-11-12-18(17)19/h7-10,13-14,17H,2-6,11-12H2,1H3. The zero-order chi connectivity index (χ0) is 13.2. The molecule has 2 aliphatic carbocycles. The Labute approximate surface area is 116 Å². The predicted molar refractivity (Wildman–Crippen MR) is 78.4 cm³/mol. The maximum absolute atomic E-state index is 11.5. The molecule has 0 bridgehead atoms. The average molecular weight is 256 g/mol. The molecule has 0 spiro atoms. The van der Waals surface area contributed by atoms with Crippen LogP contribution in [0.3, 0.4) is 0 Å². The van der Waals surface area contributed by atoms with E-state index in [1.54, 1.807) is 0 Å². The Balaban J connectivity index is 1.64. The summed E-state index contributed by atoms with van der Waals surface area (Å²) >= 11 is 0. The number of rotatable bonds is 3. The maximum Gasteiger partial charge on any atom is 0.140 e. The number of hydrogen-bond donors (Lipinski definition) is 0. The van der Waals surface area contributed by atoms with Crippen LogP contribution in [0.15, 0.2) is 24.3 Å². The molecule has 102 valence electrons. The van der Waals surface area contributed by atoms with Crippen molar-refractivity contribution in [2.75, 3.05) is 0 Å². The first-order chi connectivity index (χ1) is 9.28. The van der Waals surface area contributed by atoms with E-state index in [1.165, 1.54) is 43.2 Å². The van der Waals surface area contributed by atoms with Crippen molar-refractivity contribution in [2.24, 2.45) is 5.92 Å². The molecule has 0 aromatic heterocycles. The SMILES string of the molecule is CCC1CCC(c2ccc(C3CCC3=O)cc2)CC1. The molecule has 0 heterocycles. The Morgan fingerprint density at radius 3 is 2.05 bits per heavy atom. The summed E-state index contributed by atoms with van der Waals surface area (Å²) in [6, 6.07) is 8.95. The van der Waals surface area contributed by atoms with Crippen molar-refractivity contribution in [1.29, 1.82) is 0 Å². The summed E-state index contributed by atoms with van der Waals surface area (Å²) in [5.74, 6) is 2.36. The van der Waals surface area contributed by atoms with Crippen LogP contribution in [0.5, 0.6) is 0 Å². The number of carbonyl (C=O) groups excluding carboxylic acids is 1. The van der Waals surface area contributed by atoms with Gasteiger partial charge in [-0.3, -0.25) is 4.79 Å². The van der Waals surface area contributed by atoms with E-state index in [1.807, 2.05) is 0 Å². The maximum atomic E-state index is 11.5. The van der Waals surface area contributed by atoms with E-state index in [0.29, 0.717) is 5.78 Å². The molecule has 2 aliphatic rings. The molecular weight excluding hydrogens is 232 g/mol. The first-order valence-corrected chi connectivity index (χ1v) is 7.90. The highest BCUT2D eigenvalue weighted by atomic mass is 16.1. The minimum absolute atomic E-state index is 0.213. The minimum Gasteiger partial charge on any atom is -0.299 e. The Morgan fingerprint density at radius 2 is 1.58 bits per heavy atom. The molecule has 2 fully saturated rings. The summed E-state index contributed by atoms with van der Waals surface area (Å²) in [5.41, 5.74) is 2.73. The van der Waals surface area contributed by atoms with Crippen LogP contribution in [-0.4, -0.2) is 5.78 Å². The summed E-state index contributed by atoms with van der Waals surface area (Å²) < 4.78 is 0. The lowest BCUT2D eigenvalue weighted by Gasteiger charge is -2.29.